The molecule has 0 unspecified atom stereocenters. The van der Waals surface area contributed by atoms with E-state index in [4.69, 9.17) is 4.74 Å². The molecular weight excluding hydrogens is 243 g/mol. The van der Waals surface area contributed by atoms with E-state index < -0.39 is 0 Å². The zero-order valence-electron chi connectivity index (χ0n) is 11.6. The van der Waals surface area contributed by atoms with Crippen LogP contribution >= 0.6 is 0 Å². The zero-order chi connectivity index (χ0) is 13.5. The molecule has 0 saturated carbocycles. The second-order valence-corrected chi connectivity index (χ2v) is 4.78. The van der Waals surface area contributed by atoms with Gasteiger partial charge in [0.25, 0.3) is 0 Å². The first-order valence-corrected chi connectivity index (χ1v) is 7.08. The maximum absolute atomic E-state index is 12.8. The van der Waals surface area contributed by atoms with E-state index in [9.17, 15) is 4.39 Å². The van der Waals surface area contributed by atoms with Crippen molar-refractivity contribution in [3.63, 3.8) is 0 Å². The van der Waals surface area contributed by atoms with Crippen molar-refractivity contribution in [2.45, 2.75) is 19.4 Å². The van der Waals surface area contributed by atoms with Gasteiger partial charge in [-0.05, 0) is 31.0 Å². The summed E-state index contributed by atoms with van der Waals surface area (Å²) in [5.74, 6) is 0.880. The monoisotopic (exact) mass is 266 g/mol. The summed E-state index contributed by atoms with van der Waals surface area (Å²) in [6.45, 7) is 6.31. The maximum Gasteiger partial charge on any atom is 0.119 e. The van der Waals surface area contributed by atoms with Crippen molar-refractivity contribution >= 4 is 0 Å². The largest absolute Gasteiger partial charge is 0.494 e. The number of hydrogen-bond acceptors (Lipinski definition) is 3. The van der Waals surface area contributed by atoms with Gasteiger partial charge in [0.15, 0.2) is 0 Å². The summed E-state index contributed by atoms with van der Waals surface area (Å²) in [6.07, 6.45) is 0.563. The van der Waals surface area contributed by atoms with Crippen molar-refractivity contribution < 1.29 is 9.13 Å². The van der Waals surface area contributed by atoms with Crippen molar-refractivity contribution in [3.05, 3.63) is 29.8 Å². The molecule has 3 nitrogen and oxygen atoms in total. The van der Waals surface area contributed by atoms with E-state index in [-0.39, 0.29) is 12.7 Å². The van der Waals surface area contributed by atoms with E-state index in [2.05, 4.69) is 22.3 Å². The molecule has 0 bridgehead atoms. The smallest absolute Gasteiger partial charge is 0.119 e. The van der Waals surface area contributed by atoms with E-state index in [1.54, 1.807) is 0 Å². The third-order valence-electron chi connectivity index (χ3n) is 3.55. The highest BCUT2D eigenvalue weighted by Gasteiger charge is 2.21. The molecule has 1 aliphatic heterocycles. The summed E-state index contributed by atoms with van der Waals surface area (Å²) in [5, 5.41) is 3.33. The minimum atomic E-state index is -0.276. The van der Waals surface area contributed by atoms with Crippen LogP contribution in [0.15, 0.2) is 24.3 Å². The molecule has 2 rings (SSSR count). The van der Waals surface area contributed by atoms with Crippen LogP contribution in [0.2, 0.25) is 0 Å². The minimum absolute atomic E-state index is 0.183. The first kappa shape index (κ1) is 14.3. The number of nitrogens with one attached hydrogen (secondary N) is 1. The van der Waals surface area contributed by atoms with Crippen LogP contribution < -0.4 is 10.1 Å². The van der Waals surface area contributed by atoms with Gasteiger partial charge in [-0.2, -0.15) is 0 Å². The molecule has 4 heteroatoms. The van der Waals surface area contributed by atoms with Gasteiger partial charge in [-0.15, -0.1) is 0 Å². The highest BCUT2D eigenvalue weighted by molar-refractivity contribution is 5.29. The van der Waals surface area contributed by atoms with Crippen LogP contribution in [-0.2, 0) is 0 Å². The second-order valence-electron chi connectivity index (χ2n) is 4.78. The second kappa shape index (κ2) is 7.46. The minimum Gasteiger partial charge on any atom is -0.494 e. The van der Waals surface area contributed by atoms with Crippen molar-refractivity contribution in [1.29, 1.82) is 0 Å². The topological polar surface area (TPSA) is 24.5 Å². The number of hydrogen-bond donors (Lipinski definition) is 1. The molecule has 106 valence electrons. The number of nitrogens with zero attached hydrogens (tertiary/aromatic N) is 1. The lowest BCUT2D eigenvalue weighted by Crippen LogP contribution is -2.45. The Labute approximate surface area is 114 Å². The summed E-state index contributed by atoms with van der Waals surface area (Å²) in [7, 11) is 0. The van der Waals surface area contributed by atoms with Crippen LogP contribution in [0.3, 0.4) is 0 Å². The van der Waals surface area contributed by atoms with Gasteiger partial charge >= 0.3 is 0 Å². The van der Waals surface area contributed by atoms with Gasteiger partial charge in [-0.25, -0.2) is 0 Å². The van der Waals surface area contributed by atoms with Crippen LogP contribution in [0.1, 0.15) is 24.9 Å². The first-order valence-electron chi connectivity index (χ1n) is 7.08. The lowest BCUT2D eigenvalue weighted by molar-refractivity contribution is 0.157. The predicted molar refractivity (Wildman–Crippen MR) is 75.4 cm³/mol. The highest BCUT2D eigenvalue weighted by Crippen LogP contribution is 2.26. The SMILES string of the molecule is CCOc1ccc([C@H](CCF)N2CCNCC2)cc1. The molecule has 1 aromatic carbocycles. The Balaban J connectivity index is 2.08. The van der Waals surface area contributed by atoms with Crippen LogP contribution in [0.5, 0.6) is 5.75 Å². The van der Waals surface area contributed by atoms with E-state index in [0.717, 1.165) is 31.9 Å². The summed E-state index contributed by atoms with van der Waals surface area (Å²) in [5.41, 5.74) is 1.18. The van der Waals surface area contributed by atoms with Gasteiger partial charge < -0.3 is 10.1 Å². The Morgan fingerprint density at radius 3 is 2.53 bits per heavy atom. The lowest BCUT2D eigenvalue weighted by Gasteiger charge is -2.35. The molecule has 0 radical (unpaired) electrons. The van der Waals surface area contributed by atoms with Crippen molar-refractivity contribution in [1.82, 2.24) is 10.2 Å². The zero-order valence-corrected chi connectivity index (χ0v) is 11.6. The standard InChI is InChI=1S/C15H23FN2O/c1-2-19-14-5-3-13(4-6-14)15(7-8-16)18-11-9-17-10-12-18/h3-6,15,17H,2,7-12H2,1H3/t15-/m0/s1. The fourth-order valence-corrected chi connectivity index (χ4v) is 2.61. The number of rotatable bonds is 6. The Morgan fingerprint density at radius 2 is 1.95 bits per heavy atom. The average molecular weight is 266 g/mol. The third kappa shape index (κ3) is 3.91. The number of alkyl halides is 1. The molecule has 1 saturated heterocycles. The molecule has 1 fully saturated rings. The maximum atomic E-state index is 12.8. The number of halogens is 1. The highest BCUT2D eigenvalue weighted by atomic mass is 19.1. The molecular formula is C15H23FN2O. The van der Waals surface area contributed by atoms with Crippen molar-refractivity contribution in [3.8, 4) is 5.75 Å². The quantitative estimate of drug-likeness (QED) is 0.855. The summed E-state index contributed by atoms with van der Waals surface area (Å²) in [4.78, 5) is 2.37. The summed E-state index contributed by atoms with van der Waals surface area (Å²) in [6, 6.07) is 8.27. The van der Waals surface area contributed by atoms with E-state index >= 15 is 0 Å². The summed E-state index contributed by atoms with van der Waals surface area (Å²) >= 11 is 0. The van der Waals surface area contributed by atoms with Gasteiger partial charge in [0.1, 0.15) is 5.75 Å². The Kier molecular flexibility index (Phi) is 5.61. The lowest BCUT2D eigenvalue weighted by atomic mass is 10.0. The fraction of sp³-hybridized carbons (Fsp3) is 0.600. The normalized spacial score (nSPS) is 18.2. The van der Waals surface area contributed by atoms with Crippen molar-refractivity contribution in [2.75, 3.05) is 39.5 Å². The molecule has 1 atom stereocenters. The van der Waals surface area contributed by atoms with Crippen LogP contribution in [0.25, 0.3) is 0 Å². The van der Waals surface area contributed by atoms with Gasteiger partial charge in [0.2, 0.25) is 0 Å². The van der Waals surface area contributed by atoms with Crippen LogP contribution in [-0.4, -0.2) is 44.4 Å². The molecule has 1 aromatic rings. The van der Waals surface area contributed by atoms with E-state index in [0.29, 0.717) is 13.0 Å². The molecule has 19 heavy (non-hydrogen) atoms. The van der Waals surface area contributed by atoms with Crippen LogP contribution in [0, 0.1) is 0 Å². The van der Waals surface area contributed by atoms with E-state index in [1.165, 1.54) is 5.56 Å². The molecule has 0 aliphatic carbocycles. The van der Waals surface area contributed by atoms with E-state index in [1.807, 2.05) is 19.1 Å². The molecule has 0 spiro atoms. The van der Waals surface area contributed by atoms with Crippen molar-refractivity contribution in [2.24, 2.45) is 0 Å². The third-order valence-corrected chi connectivity index (χ3v) is 3.55. The molecule has 1 N–H and O–H groups in total. The number of benzene rings is 1. The average Bonchev–Trinajstić information content (AvgIpc) is 2.47. The molecule has 0 amide bonds. The summed E-state index contributed by atoms with van der Waals surface area (Å²) < 4.78 is 18.3. The van der Waals surface area contributed by atoms with Crippen LogP contribution in [0.4, 0.5) is 4.39 Å². The van der Waals surface area contributed by atoms with Gasteiger partial charge in [-0.3, -0.25) is 9.29 Å². The predicted octanol–water partition coefficient (Wildman–Crippen LogP) is 2.39. The van der Waals surface area contributed by atoms with Gasteiger partial charge in [0.05, 0.1) is 13.3 Å². The van der Waals surface area contributed by atoms with Gasteiger partial charge in [0, 0.05) is 32.2 Å². The number of ether oxygens (including phenoxy) is 1. The number of piperazine rings is 1. The molecule has 1 heterocycles. The Bertz CT molecular complexity index is 363. The Hall–Kier alpha value is -1.13. The van der Waals surface area contributed by atoms with Gasteiger partial charge in [-0.1, -0.05) is 12.1 Å². The molecule has 1 aliphatic rings. The Morgan fingerprint density at radius 1 is 1.26 bits per heavy atom. The first-order chi connectivity index (χ1) is 9.35. The fourth-order valence-electron chi connectivity index (χ4n) is 2.61. The molecule has 0 aromatic heterocycles.